The van der Waals surface area contributed by atoms with E-state index in [0.29, 0.717) is 5.56 Å². The summed E-state index contributed by atoms with van der Waals surface area (Å²) in [7, 11) is 0. The van der Waals surface area contributed by atoms with Crippen molar-refractivity contribution in [2.75, 3.05) is 6.61 Å². The van der Waals surface area contributed by atoms with Gasteiger partial charge in [-0.2, -0.15) is 13.2 Å². The molecule has 1 aromatic rings. The Balaban J connectivity index is 2.73. The third kappa shape index (κ3) is 3.60. The Kier molecular flexibility index (Phi) is 3.69. The Labute approximate surface area is 84.8 Å². The summed E-state index contributed by atoms with van der Waals surface area (Å²) in [5, 5.41) is 8.36. The summed E-state index contributed by atoms with van der Waals surface area (Å²) in [6.45, 7) is -0.256. The molecular formula is C10H8F3NO. The summed E-state index contributed by atoms with van der Waals surface area (Å²) in [6.07, 6.45) is -2.99. The van der Waals surface area contributed by atoms with Crippen LogP contribution in [0.5, 0.6) is 0 Å². The van der Waals surface area contributed by atoms with E-state index in [4.69, 9.17) is 5.11 Å². The van der Waals surface area contributed by atoms with Crippen LogP contribution in [-0.2, 0) is 12.6 Å². The molecule has 0 unspecified atom stereocenters. The van der Waals surface area contributed by atoms with Crippen LogP contribution in [0.1, 0.15) is 11.3 Å². The maximum atomic E-state index is 12.1. The molecule has 1 N–H and O–H groups in total. The van der Waals surface area contributed by atoms with Crippen LogP contribution in [0.15, 0.2) is 18.3 Å². The molecule has 0 radical (unpaired) electrons. The highest BCUT2D eigenvalue weighted by atomic mass is 19.4. The van der Waals surface area contributed by atoms with E-state index < -0.39 is 11.9 Å². The molecule has 0 fully saturated rings. The van der Waals surface area contributed by atoms with Gasteiger partial charge in [-0.25, -0.2) is 0 Å². The molecule has 2 nitrogen and oxygen atoms in total. The molecule has 0 spiro atoms. The molecule has 1 aromatic heterocycles. The fourth-order valence-corrected chi connectivity index (χ4v) is 0.917. The van der Waals surface area contributed by atoms with Gasteiger partial charge in [0.1, 0.15) is 12.3 Å². The SMILES string of the molecule is OCC#CCc1ccc(C(F)(F)F)nc1. The van der Waals surface area contributed by atoms with Gasteiger partial charge in [-0.05, 0) is 11.6 Å². The number of aliphatic hydroxyl groups excluding tert-OH is 1. The molecule has 0 aliphatic carbocycles. The minimum atomic E-state index is -4.41. The lowest BCUT2D eigenvalue weighted by Crippen LogP contribution is -2.07. The molecule has 15 heavy (non-hydrogen) atoms. The zero-order valence-electron chi connectivity index (χ0n) is 7.67. The highest BCUT2D eigenvalue weighted by Gasteiger charge is 2.31. The average Bonchev–Trinajstić information content (AvgIpc) is 2.18. The summed E-state index contributed by atoms with van der Waals surface area (Å²) >= 11 is 0. The van der Waals surface area contributed by atoms with Crippen molar-refractivity contribution < 1.29 is 18.3 Å². The van der Waals surface area contributed by atoms with E-state index in [0.717, 1.165) is 12.3 Å². The van der Waals surface area contributed by atoms with Gasteiger partial charge in [-0.15, -0.1) is 0 Å². The molecule has 1 rings (SSSR count). The van der Waals surface area contributed by atoms with E-state index in [-0.39, 0.29) is 13.0 Å². The van der Waals surface area contributed by atoms with Crippen molar-refractivity contribution in [3.63, 3.8) is 0 Å². The van der Waals surface area contributed by atoms with Gasteiger partial charge in [0.15, 0.2) is 0 Å². The molecule has 0 aromatic carbocycles. The third-order valence-electron chi connectivity index (χ3n) is 1.61. The maximum absolute atomic E-state index is 12.1. The molecule has 0 saturated heterocycles. The largest absolute Gasteiger partial charge is 0.433 e. The number of hydrogen-bond acceptors (Lipinski definition) is 2. The Hall–Kier alpha value is -1.54. The van der Waals surface area contributed by atoms with Crippen LogP contribution in [0.2, 0.25) is 0 Å². The zero-order chi connectivity index (χ0) is 11.3. The monoisotopic (exact) mass is 215 g/mol. The van der Waals surface area contributed by atoms with Gasteiger partial charge in [0.05, 0.1) is 0 Å². The van der Waals surface area contributed by atoms with Crippen LogP contribution in [0.4, 0.5) is 13.2 Å². The standard InChI is InChI=1S/C10H8F3NO/c11-10(12,13)9-5-4-8(7-14-9)3-1-2-6-15/h4-5,7,15H,3,6H2. The molecule has 0 aliphatic rings. The Morgan fingerprint density at radius 1 is 1.27 bits per heavy atom. The molecular weight excluding hydrogens is 207 g/mol. The maximum Gasteiger partial charge on any atom is 0.433 e. The number of halogens is 3. The molecule has 0 bridgehead atoms. The average molecular weight is 215 g/mol. The molecule has 80 valence electrons. The first-order chi connectivity index (χ1) is 7.04. The highest BCUT2D eigenvalue weighted by molar-refractivity contribution is 5.20. The molecule has 1 heterocycles. The second-order valence-corrected chi connectivity index (χ2v) is 2.74. The van der Waals surface area contributed by atoms with Crippen LogP contribution >= 0.6 is 0 Å². The van der Waals surface area contributed by atoms with E-state index in [1.165, 1.54) is 6.07 Å². The van der Waals surface area contributed by atoms with Crippen molar-refractivity contribution in [1.82, 2.24) is 4.98 Å². The van der Waals surface area contributed by atoms with Crippen LogP contribution in [-0.4, -0.2) is 16.7 Å². The number of nitrogens with zero attached hydrogens (tertiary/aromatic N) is 1. The normalized spacial score (nSPS) is 10.7. The lowest BCUT2D eigenvalue weighted by Gasteiger charge is -2.04. The molecule has 0 atom stereocenters. The first-order valence-corrected chi connectivity index (χ1v) is 4.12. The van der Waals surface area contributed by atoms with Crippen LogP contribution < -0.4 is 0 Å². The fourth-order valence-electron chi connectivity index (χ4n) is 0.917. The first kappa shape index (κ1) is 11.5. The van der Waals surface area contributed by atoms with Crippen molar-refractivity contribution in [1.29, 1.82) is 0 Å². The van der Waals surface area contributed by atoms with Gasteiger partial charge in [-0.3, -0.25) is 4.98 Å². The van der Waals surface area contributed by atoms with Gasteiger partial charge in [-0.1, -0.05) is 17.9 Å². The number of hydrogen-bond donors (Lipinski definition) is 1. The van der Waals surface area contributed by atoms with Gasteiger partial charge in [0.2, 0.25) is 0 Å². The minimum Gasteiger partial charge on any atom is -0.384 e. The predicted molar refractivity (Wildman–Crippen MR) is 47.8 cm³/mol. The quantitative estimate of drug-likeness (QED) is 0.722. The number of aromatic nitrogens is 1. The first-order valence-electron chi connectivity index (χ1n) is 4.12. The lowest BCUT2D eigenvalue weighted by molar-refractivity contribution is -0.141. The van der Waals surface area contributed by atoms with Gasteiger partial charge >= 0.3 is 6.18 Å². The highest BCUT2D eigenvalue weighted by Crippen LogP contribution is 2.27. The van der Waals surface area contributed by atoms with Crippen LogP contribution in [0.3, 0.4) is 0 Å². The smallest absolute Gasteiger partial charge is 0.384 e. The summed E-state index contributed by atoms with van der Waals surface area (Å²) in [5.74, 6) is 4.99. The van der Waals surface area contributed by atoms with E-state index in [2.05, 4.69) is 16.8 Å². The van der Waals surface area contributed by atoms with Gasteiger partial charge < -0.3 is 5.11 Å². The zero-order valence-corrected chi connectivity index (χ0v) is 7.67. The predicted octanol–water partition coefficient (Wildman–Crippen LogP) is 1.64. The second-order valence-electron chi connectivity index (χ2n) is 2.74. The summed E-state index contributed by atoms with van der Waals surface area (Å²) < 4.78 is 36.3. The van der Waals surface area contributed by atoms with Gasteiger partial charge in [0, 0.05) is 12.6 Å². The third-order valence-corrected chi connectivity index (χ3v) is 1.61. The number of alkyl halides is 3. The Morgan fingerprint density at radius 3 is 2.47 bits per heavy atom. The van der Waals surface area contributed by atoms with Crippen molar-refractivity contribution in [3.8, 4) is 11.8 Å². The van der Waals surface area contributed by atoms with Crippen molar-refractivity contribution in [2.24, 2.45) is 0 Å². The Bertz CT molecular complexity index is 372. The van der Waals surface area contributed by atoms with E-state index >= 15 is 0 Å². The second kappa shape index (κ2) is 4.80. The minimum absolute atomic E-state index is 0.256. The van der Waals surface area contributed by atoms with E-state index in [1.54, 1.807) is 0 Å². The lowest BCUT2D eigenvalue weighted by atomic mass is 10.2. The molecule has 0 amide bonds. The summed E-state index contributed by atoms with van der Waals surface area (Å²) in [6, 6.07) is 2.23. The Morgan fingerprint density at radius 2 is 2.00 bits per heavy atom. The topological polar surface area (TPSA) is 33.1 Å². The van der Waals surface area contributed by atoms with Crippen molar-refractivity contribution in [2.45, 2.75) is 12.6 Å². The molecule has 5 heteroatoms. The van der Waals surface area contributed by atoms with Crippen molar-refractivity contribution >= 4 is 0 Å². The summed E-state index contributed by atoms with van der Waals surface area (Å²) in [5.41, 5.74) is -0.328. The molecule has 0 aliphatic heterocycles. The molecule has 0 saturated carbocycles. The van der Waals surface area contributed by atoms with Gasteiger partial charge in [0.25, 0.3) is 0 Å². The van der Waals surface area contributed by atoms with Crippen LogP contribution in [0, 0.1) is 11.8 Å². The summed E-state index contributed by atoms with van der Waals surface area (Å²) in [4.78, 5) is 3.27. The van der Waals surface area contributed by atoms with E-state index in [9.17, 15) is 13.2 Å². The number of pyridine rings is 1. The van der Waals surface area contributed by atoms with Crippen LogP contribution in [0.25, 0.3) is 0 Å². The number of rotatable bonds is 1. The number of aliphatic hydroxyl groups is 1. The van der Waals surface area contributed by atoms with E-state index in [1.807, 2.05) is 0 Å². The van der Waals surface area contributed by atoms with Crippen molar-refractivity contribution in [3.05, 3.63) is 29.6 Å². The fraction of sp³-hybridized carbons (Fsp3) is 0.300.